The number of carbonyl (C=O) groups is 1. The average Bonchev–Trinajstić information content (AvgIpc) is 3.07. The van der Waals surface area contributed by atoms with E-state index in [9.17, 15) is 9.59 Å². The number of rotatable bonds is 3. The molecule has 25 heavy (non-hydrogen) atoms. The molecule has 0 fully saturated rings. The Morgan fingerprint density at radius 1 is 1.12 bits per heavy atom. The Balaban J connectivity index is 1.55. The first-order chi connectivity index (χ1) is 12.2. The Labute approximate surface area is 143 Å². The van der Waals surface area contributed by atoms with Gasteiger partial charge in [-0.2, -0.15) is 0 Å². The van der Waals surface area contributed by atoms with Crippen LogP contribution in [-0.2, 0) is 13.0 Å². The number of aryl methyl sites for hydroxylation is 1. The lowest BCUT2D eigenvalue weighted by molar-refractivity contribution is 0.102. The second-order valence-electron chi connectivity index (χ2n) is 5.99. The maximum absolute atomic E-state index is 12.2. The number of pyridine rings is 1. The van der Waals surface area contributed by atoms with Crippen molar-refractivity contribution < 1.29 is 4.79 Å². The van der Waals surface area contributed by atoms with Gasteiger partial charge in [0, 0.05) is 30.4 Å². The van der Waals surface area contributed by atoms with Crippen LogP contribution in [0.3, 0.4) is 0 Å². The monoisotopic (exact) mass is 335 g/mol. The predicted molar refractivity (Wildman–Crippen MR) is 93.4 cm³/mol. The van der Waals surface area contributed by atoms with Crippen LogP contribution in [0.5, 0.6) is 0 Å². The number of nitrogens with zero attached hydrogens (tertiary/aromatic N) is 3. The summed E-state index contributed by atoms with van der Waals surface area (Å²) in [5.41, 5.74) is 1.25. The van der Waals surface area contributed by atoms with Crippen LogP contribution in [0.1, 0.15) is 29.0 Å². The molecule has 7 heteroatoms. The van der Waals surface area contributed by atoms with Gasteiger partial charge in [-0.15, -0.1) is 10.2 Å². The molecule has 3 aromatic rings. The van der Waals surface area contributed by atoms with Gasteiger partial charge in [-0.3, -0.25) is 9.59 Å². The molecule has 0 radical (unpaired) electrons. The van der Waals surface area contributed by atoms with E-state index < -0.39 is 11.5 Å². The molecule has 0 atom stereocenters. The summed E-state index contributed by atoms with van der Waals surface area (Å²) in [6, 6.07) is 10.5. The van der Waals surface area contributed by atoms with Crippen molar-refractivity contribution in [2.75, 3.05) is 5.32 Å². The molecule has 3 heterocycles. The van der Waals surface area contributed by atoms with Crippen molar-refractivity contribution >= 4 is 11.6 Å². The number of carbonyl (C=O) groups excluding carboxylic acids is 1. The first-order valence-corrected chi connectivity index (χ1v) is 8.24. The van der Waals surface area contributed by atoms with E-state index in [4.69, 9.17) is 0 Å². The fourth-order valence-electron chi connectivity index (χ4n) is 3.02. The number of H-pyrrole nitrogens is 1. The number of hydrogen-bond donors (Lipinski definition) is 2. The smallest absolute Gasteiger partial charge is 0.261 e. The molecule has 0 aliphatic carbocycles. The van der Waals surface area contributed by atoms with Crippen LogP contribution >= 0.6 is 0 Å². The maximum Gasteiger partial charge on any atom is 0.261 e. The summed E-state index contributed by atoms with van der Waals surface area (Å²) >= 11 is 0. The van der Waals surface area contributed by atoms with Crippen molar-refractivity contribution in [2.24, 2.45) is 0 Å². The summed E-state index contributed by atoms with van der Waals surface area (Å²) in [7, 11) is 0. The van der Waals surface area contributed by atoms with Crippen molar-refractivity contribution in [1.29, 1.82) is 0 Å². The minimum Gasteiger partial charge on any atom is -0.328 e. The second kappa shape index (κ2) is 6.35. The minimum atomic E-state index is -0.436. The topological polar surface area (TPSA) is 92.7 Å². The van der Waals surface area contributed by atoms with Gasteiger partial charge in [0.1, 0.15) is 11.4 Å². The van der Waals surface area contributed by atoms with E-state index in [0.29, 0.717) is 5.69 Å². The number of aromatic nitrogens is 4. The van der Waals surface area contributed by atoms with Crippen molar-refractivity contribution in [3.63, 3.8) is 0 Å². The Kier molecular flexibility index (Phi) is 3.89. The lowest BCUT2D eigenvalue weighted by Gasteiger charge is -2.14. The zero-order valence-electron chi connectivity index (χ0n) is 13.5. The van der Waals surface area contributed by atoms with Gasteiger partial charge < -0.3 is 14.9 Å². The highest BCUT2D eigenvalue weighted by molar-refractivity contribution is 6.04. The van der Waals surface area contributed by atoms with Crippen molar-refractivity contribution in [3.8, 4) is 11.4 Å². The quantitative estimate of drug-likeness (QED) is 0.767. The molecule has 1 aliphatic rings. The van der Waals surface area contributed by atoms with Crippen LogP contribution in [0.25, 0.3) is 11.4 Å². The van der Waals surface area contributed by atoms with Gasteiger partial charge in [-0.1, -0.05) is 0 Å². The van der Waals surface area contributed by atoms with E-state index in [2.05, 4.69) is 25.1 Å². The van der Waals surface area contributed by atoms with E-state index in [1.165, 1.54) is 12.3 Å². The summed E-state index contributed by atoms with van der Waals surface area (Å²) in [4.78, 5) is 26.3. The van der Waals surface area contributed by atoms with Crippen LogP contribution in [0.2, 0.25) is 0 Å². The molecule has 126 valence electrons. The lowest BCUT2D eigenvalue weighted by Crippen LogP contribution is -2.22. The van der Waals surface area contributed by atoms with Crippen molar-refractivity contribution in [3.05, 3.63) is 64.3 Å². The molecule has 1 aromatic carbocycles. The molecule has 0 saturated carbocycles. The number of anilines is 1. The Morgan fingerprint density at radius 3 is 2.76 bits per heavy atom. The molecule has 1 amide bonds. The van der Waals surface area contributed by atoms with Crippen molar-refractivity contribution in [1.82, 2.24) is 19.7 Å². The van der Waals surface area contributed by atoms with E-state index >= 15 is 0 Å². The van der Waals surface area contributed by atoms with Crippen molar-refractivity contribution in [2.45, 2.75) is 25.8 Å². The minimum absolute atomic E-state index is 0.0816. The number of nitrogens with one attached hydrogen (secondary N) is 2. The van der Waals surface area contributed by atoms with Crippen LogP contribution in [-0.4, -0.2) is 25.7 Å². The lowest BCUT2D eigenvalue weighted by atomic mass is 10.1. The Bertz CT molecular complexity index is 972. The molecule has 0 bridgehead atoms. The first-order valence-electron chi connectivity index (χ1n) is 8.24. The van der Waals surface area contributed by atoms with E-state index in [-0.39, 0.29) is 5.56 Å². The van der Waals surface area contributed by atoms with Gasteiger partial charge >= 0.3 is 0 Å². The van der Waals surface area contributed by atoms with Crippen LogP contribution in [0.15, 0.2) is 47.4 Å². The summed E-state index contributed by atoms with van der Waals surface area (Å²) < 4.78 is 2.15. The molecule has 2 N–H and O–H groups in total. The molecule has 7 nitrogen and oxygen atoms in total. The molecule has 2 aromatic heterocycles. The second-order valence-corrected chi connectivity index (χ2v) is 5.99. The molecule has 0 spiro atoms. The maximum atomic E-state index is 12.2. The number of amides is 1. The molecule has 4 rings (SSSR count). The molecular weight excluding hydrogens is 318 g/mol. The zero-order chi connectivity index (χ0) is 17.2. The summed E-state index contributed by atoms with van der Waals surface area (Å²) in [5, 5.41) is 11.3. The highest BCUT2D eigenvalue weighted by atomic mass is 16.2. The third-order valence-corrected chi connectivity index (χ3v) is 4.32. The molecule has 0 saturated heterocycles. The first kappa shape index (κ1) is 15.3. The van der Waals surface area contributed by atoms with Gasteiger partial charge in [0.25, 0.3) is 11.5 Å². The molecular formula is C18H17N5O2. The highest BCUT2D eigenvalue weighted by Gasteiger charge is 2.17. The SMILES string of the molecule is O=C(Nc1ccc(-c2nnc3n2CCCC3)cc1)c1ccc[nH]c1=O. The van der Waals surface area contributed by atoms with Crippen LogP contribution in [0, 0.1) is 0 Å². The van der Waals surface area contributed by atoms with Gasteiger partial charge in [0.15, 0.2) is 5.82 Å². The largest absolute Gasteiger partial charge is 0.328 e. The summed E-state index contributed by atoms with van der Waals surface area (Å²) in [5.74, 6) is 1.45. The number of benzene rings is 1. The average molecular weight is 335 g/mol. The summed E-state index contributed by atoms with van der Waals surface area (Å²) in [6.45, 7) is 0.937. The van der Waals surface area contributed by atoms with Gasteiger partial charge in [0.2, 0.25) is 0 Å². The zero-order valence-corrected chi connectivity index (χ0v) is 13.5. The highest BCUT2D eigenvalue weighted by Crippen LogP contribution is 2.24. The Hall–Kier alpha value is -3.22. The third-order valence-electron chi connectivity index (χ3n) is 4.32. The van der Waals surface area contributed by atoms with Gasteiger partial charge in [0.05, 0.1) is 0 Å². The number of aromatic amines is 1. The fraction of sp³-hybridized carbons (Fsp3) is 0.222. The standard InChI is InChI=1S/C18H17N5O2/c24-17-14(4-3-10-19-17)18(25)20-13-8-6-12(7-9-13)16-22-21-15-5-1-2-11-23(15)16/h3-4,6-10H,1-2,5,11H2,(H,19,24)(H,20,25). The number of hydrogen-bond acceptors (Lipinski definition) is 4. The van der Waals surface area contributed by atoms with E-state index in [0.717, 1.165) is 43.0 Å². The van der Waals surface area contributed by atoms with Crippen LogP contribution < -0.4 is 10.9 Å². The molecule has 1 aliphatic heterocycles. The van der Waals surface area contributed by atoms with Gasteiger partial charge in [-0.25, -0.2) is 0 Å². The number of fused-ring (bicyclic) bond motifs is 1. The van der Waals surface area contributed by atoms with E-state index in [1.54, 1.807) is 18.2 Å². The van der Waals surface area contributed by atoms with E-state index in [1.807, 2.05) is 12.1 Å². The predicted octanol–water partition coefficient (Wildman–Crippen LogP) is 2.22. The molecule has 0 unspecified atom stereocenters. The third kappa shape index (κ3) is 2.96. The van der Waals surface area contributed by atoms with Crippen LogP contribution in [0.4, 0.5) is 5.69 Å². The summed E-state index contributed by atoms with van der Waals surface area (Å²) in [6.07, 6.45) is 4.75. The Morgan fingerprint density at radius 2 is 1.96 bits per heavy atom. The fourth-order valence-corrected chi connectivity index (χ4v) is 3.02. The normalized spacial score (nSPS) is 13.3. The van der Waals surface area contributed by atoms with Gasteiger partial charge in [-0.05, 0) is 49.2 Å².